The molecule has 1 aromatic carbocycles. The molecule has 0 unspecified atom stereocenters. The second-order valence-electron chi connectivity index (χ2n) is 3.60. The lowest BCUT2D eigenvalue weighted by Crippen LogP contribution is -1.97. The Kier molecular flexibility index (Phi) is 4.04. The van der Waals surface area contributed by atoms with Crippen molar-refractivity contribution in [2.24, 2.45) is 0 Å². The number of rotatable bonds is 4. The standard InChI is InChI=1S/C13H9BrFNO2/c14-10-3-9(4-11(15)5-10)8-18-13-2-1-12(7-17)16-6-13/h1-7H,8H2. The number of hydrogen-bond acceptors (Lipinski definition) is 3. The van der Waals surface area contributed by atoms with Crippen LogP contribution in [0.2, 0.25) is 0 Å². The number of carbonyl (C=O) groups excluding carboxylic acids is 1. The molecule has 0 amide bonds. The van der Waals surface area contributed by atoms with Gasteiger partial charge in [-0.3, -0.25) is 4.79 Å². The van der Waals surface area contributed by atoms with E-state index in [1.165, 1.54) is 18.3 Å². The van der Waals surface area contributed by atoms with E-state index in [0.29, 0.717) is 27.8 Å². The smallest absolute Gasteiger partial charge is 0.168 e. The fraction of sp³-hybridized carbons (Fsp3) is 0.0769. The van der Waals surface area contributed by atoms with E-state index in [1.807, 2.05) is 0 Å². The van der Waals surface area contributed by atoms with Crippen LogP contribution in [-0.4, -0.2) is 11.3 Å². The molecule has 0 atom stereocenters. The lowest BCUT2D eigenvalue weighted by molar-refractivity contribution is 0.111. The lowest BCUT2D eigenvalue weighted by Gasteiger charge is -2.06. The fourth-order valence-electron chi connectivity index (χ4n) is 1.41. The van der Waals surface area contributed by atoms with Crippen molar-refractivity contribution >= 4 is 22.2 Å². The van der Waals surface area contributed by atoms with Gasteiger partial charge in [-0.15, -0.1) is 0 Å². The lowest BCUT2D eigenvalue weighted by atomic mass is 10.2. The Morgan fingerprint density at radius 3 is 2.78 bits per heavy atom. The van der Waals surface area contributed by atoms with Crippen LogP contribution in [0.4, 0.5) is 4.39 Å². The van der Waals surface area contributed by atoms with Gasteiger partial charge in [0.1, 0.15) is 23.9 Å². The molecule has 3 nitrogen and oxygen atoms in total. The van der Waals surface area contributed by atoms with Gasteiger partial charge in [-0.05, 0) is 35.9 Å². The zero-order chi connectivity index (χ0) is 13.0. The second-order valence-corrected chi connectivity index (χ2v) is 4.52. The summed E-state index contributed by atoms with van der Waals surface area (Å²) in [5.74, 6) is 0.207. The molecule has 0 N–H and O–H groups in total. The van der Waals surface area contributed by atoms with Crippen LogP contribution in [0.3, 0.4) is 0 Å². The van der Waals surface area contributed by atoms with Gasteiger partial charge >= 0.3 is 0 Å². The van der Waals surface area contributed by atoms with Gasteiger partial charge in [0.2, 0.25) is 0 Å². The summed E-state index contributed by atoms with van der Waals surface area (Å²) >= 11 is 3.21. The number of nitrogens with zero attached hydrogens (tertiary/aromatic N) is 1. The molecule has 18 heavy (non-hydrogen) atoms. The predicted octanol–water partition coefficient (Wildman–Crippen LogP) is 3.37. The Balaban J connectivity index is 2.03. The number of pyridine rings is 1. The maximum atomic E-state index is 13.1. The monoisotopic (exact) mass is 309 g/mol. The number of ether oxygens (including phenoxy) is 1. The summed E-state index contributed by atoms with van der Waals surface area (Å²) in [6, 6.07) is 7.76. The van der Waals surface area contributed by atoms with Crippen molar-refractivity contribution in [3.8, 4) is 5.75 Å². The maximum Gasteiger partial charge on any atom is 0.168 e. The van der Waals surface area contributed by atoms with Crippen LogP contribution in [0.5, 0.6) is 5.75 Å². The molecule has 0 aliphatic carbocycles. The second kappa shape index (κ2) is 5.73. The maximum absolute atomic E-state index is 13.1. The molecule has 1 heterocycles. The first-order valence-corrected chi connectivity index (χ1v) is 5.95. The van der Waals surface area contributed by atoms with E-state index in [9.17, 15) is 9.18 Å². The molecule has 0 saturated heterocycles. The van der Waals surface area contributed by atoms with Crippen LogP contribution in [0.15, 0.2) is 41.0 Å². The fourth-order valence-corrected chi connectivity index (χ4v) is 1.92. The molecule has 0 saturated carbocycles. The Hall–Kier alpha value is -1.75. The molecule has 0 bridgehead atoms. The van der Waals surface area contributed by atoms with Crippen molar-refractivity contribution in [2.75, 3.05) is 0 Å². The summed E-state index contributed by atoms with van der Waals surface area (Å²) in [6.45, 7) is 0.235. The van der Waals surface area contributed by atoms with E-state index < -0.39 is 0 Å². The summed E-state index contributed by atoms with van der Waals surface area (Å²) in [5.41, 5.74) is 1.05. The molecule has 92 valence electrons. The minimum Gasteiger partial charge on any atom is -0.487 e. The van der Waals surface area contributed by atoms with Crippen molar-refractivity contribution in [1.29, 1.82) is 0 Å². The average molecular weight is 310 g/mol. The number of halogens is 2. The minimum absolute atomic E-state index is 0.235. The van der Waals surface area contributed by atoms with E-state index in [-0.39, 0.29) is 12.4 Å². The van der Waals surface area contributed by atoms with E-state index in [4.69, 9.17) is 4.74 Å². The Bertz CT molecular complexity index is 537. The molecule has 0 aliphatic heterocycles. The number of aromatic nitrogens is 1. The third kappa shape index (κ3) is 3.37. The highest BCUT2D eigenvalue weighted by Crippen LogP contribution is 2.17. The summed E-state index contributed by atoms with van der Waals surface area (Å²) in [5, 5.41) is 0. The van der Waals surface area contributed by atoms with Crippen LogP contribution in [-0.2, 0) is 6.61 Å². The Morgan fingerprint density at radius 1 is 1.33 bits per heavy atom. The van der Waals surface area contributed by atoms with Crippen LogP contribution in [0, 0.1) is 5.82 Å². The van der Waals surface area contributed by atoms with Crippen molar-refractivity contribution in [2.45, 2.75) is 6.61 Å². The van der Waals surface area contributed by atoms with Gasteiger partial charge in [0.25, 0.3) is 0 Å². The molecule has 1 aromatic heterocycles. The van der Waals surface area contributed by atoms with E-state index in [0.717, 1.165) is 0 Å². The number of benzene rings is 1. The molecule has 2 aromatic rings. The van der Waals surface area contributed by atoms with Gasteiger partial charge in [-0.2, -0.15) is 0 Å². The van der Waals surface area contributed by atoms with Crippen molar-refractivity contribution < 1.29 is 13.9 Å². The van der Waals surface area contributed by atoms with E-state index >= 15 is 0 Å². The largest absolute Gasteiger partial charge is 0.487 e. The normalized spacial score (nSPS) is 10.1. The minimum atomic E-state index is -0.322. The predicted molar refractivity (Wildman–Crippen MR) is 68.1 cm³/mol. The van der Waals surface area contributed by atoms with Gasteiger partial charge in [-0.1, -0.05) is 15.9 Å². The van der Waals surface area contributed by atoms with Crippen molar-refractivity contribution in [1.82, 2.24) is 4.98 Å². The molecular formula is C13H9BrFNO2. The van der Waals surface area contributed by atoms with Crippen molar-refractivity contribution in [3.63, 3.8) is 0 Å². The number of carbonyl (C=O) groups is 1. The average Bonchev–Trinajstić information content (AvgIpc) is 2.36. The van der Waals surface area contributed by atoms with Gasteiger partial charge in [0.05, 0.1) is 6.20 Å². The topological polar surface area (TPSA) is 39.2 Å². The van der Waals surface area contributed by atoms with Crippen LogP contribution >= 0.6 is 15.9 Å². The molecule has 0 radical (unpaired) electrons. The summed E-state index contributed by atoms with van der Waals surface area (Å²) < 4.78 is 19.2. The highest BCUT2D eigenvalue weighted by atomic mass is 79.9. The SMILES string of the molecule is O=Cc1ccc(OCc2cc(F)cc(Br)c2)cn1. The van der Waals surface area contributed by atoms with Crippen LogP contribution in [0.25, 0.3) is 0 Å². The quantitative estimate of drug-likeness (QED) is 0.813. The summed E-state index contributed by atoms with van der Waals surface area (Å²) in [6.07, 6.45) is 2.12. The third-order valence-corrected chi connectivity index (χ3v) is 2.67. The first kappa shape index (κ1) is 12.7. The zero-order valence-electron chi connectivity index (χ0n) is 9.27. The van der Waals surface area contributed by atoms with E-state index in [2.05, 4.69) is 20.9 Å². The first-order valence-electron chi connectivity index (χ1n) is 5.16. The highest BCUT2D eigenvalue weighted by Gasteiger charge is 2.01. The molecule has 2 rings (SSSR count). The molecule has 0 aliphatic rings. The highest BCUT2D eigenvalue weighted by molar-refractivity contribution is 9.10. The molecule has 0 spiro atoms. The molecular weight excluding hydrogens is 301 g/mol. The summed E-state index contributed by atoms with van der Waals surface area (Å²) in [7, 11) is 0. The molecule has 0 fully saturated rings. The van der Waals surface area contributed by atoms with Gasteiger partial charge in [0.15, 0.2) is 6.29 Å². The number of aldehydes is 1. The van der Waals surface area contributed by atoms with E-state index in [1.54, 1.807) is 18.2 Å². The Labute approximate surface area is 112 Å². The van der Waals surface area contributed by atoms with Crippen LogP contribution < -0.4 is 4.74 Å². The van der Waals surface area contributed by atoms with Gasteiger partial charge < -0.3 is 4.74 Å². The summed E-state index contributed by atoms with van der Waals surface area (Å²) in [4.78, 5) is 14.3. The third-order valence-electron chi connectivity index (χ3n) is 2.21. The first-order chi connectivity index (χ1) is 8.67. The van der Waals surface area contributed by atoms with Crippen LogP contribution in [0.1, 0.15) is 16.1 Å². The van der Waals surface area contributed by atoms with Crippen molar-refractivity contribution in [3.05, 3.63) is 58.1 Å². The van der Waals surface area contributed by atoms with Gasteiger partial charge in [0, 0.05) is 4.47 Å². The zero-order valence-corrected chi connectivity index (χ0v) is 10.9. The molecule has 5 heteroatoms. The van der Waals surface area contributed by atoms with Gasteiger partial charge in [-0.25, -0.2) is 9.37 Å². The Morgan fingerprint density at radius 2 is 2.17 bits per heavy atom. The number of hydrogen-bond donors (Lipinski definition) is 0.